The van der Waals surface area contributed by atoms with Crippen LogP contribution in [0.3, 0.4) is 0 Å². The lowest BCUT2D eigenvalue weighted by Gasteiger charge is -2.04. The Labute approximate surface area is 98.0 Å². The Morgan fingerprint density at radius 1 is 1.38 bits per heavy atom. The third kappa shape index (κ3) is 1.89. The summed E-state index contributed by atoms with van der Waals surface area (Å²) in [7, 11) is 1.61. The molecule has 1 N–H and O–H groups in total. The van der Waals surface area contributed by atoms with Gasteiger partial charge < -0.3 is 9.84 Å². The van der Waals surface area contributed by atoms with Crippen molar-refractivity contribution in [2.75, 3.05) is 7.11 Å². The number of rotatable bonds is 3. The monoisotopic (exact) mass is 238 g/mol. The smallest absolute Gasteiger partial charge is 0.138 e. The zero-order chi connectivity index (χ0) is 11.5. The van der Waals surface area contributed by atoms with Crippen LogP contribution in [0.1, 0.15) is 5.56 Å². The van der Waals surface area contributed by atoms with Gasteiger partial charge in [0.1, 0.15) is 10.9 Å². The van der Waals surface area contributed by atoms with E-state index in [-0.39, 0.29) is 6.61 Å². The van der Waals surface area contributed by atoms with Crippen molar-refractivity contribution in [1.82, 2.24) is 9.78 Å². The minimum atomic E-state index is -0.116. The minimum Gasteiger partial charge on any atom is -0.497 e. The molecule has 0 aliphatic heterocycles. The van der Waals surface area contributed by atoms with E-state index in [2.05, 4.69) is 5.10 Å². The molecule has 1 heterocycles. The number of aliphatic hydroxyl groups excluding tert-OH is 1. The summed E-state index contributed by atoms with van der Waals surface area (Å²) in [6, 6.07) is 7.34. The van der Waals surface area contributed by atoms with Crippen LogP contribution in [0.5, 0.6) is 5.75 Å². The number of halogens is 1. The molecule has 0 saturated carbocycles. The SMILES string of the molecule is COc1ccc(-n2ncc(CO)c2Cl)cc1. The predicted octanol–water partition coefficient (Wildman–Crippen LogP) is 2.03. The molecule has 0 unspecified atom stereocenters. The lowest BCUT2D eigenvalue weighted by atomic mass is 10.3. The van der Waals surface area contributed by atoms with Gasteiger partial charge in [0, 0.05) is 5.56 Å². The number of hydrogen-bond donors (Lipinski definition) is 1. The normalized spacial score (nSPS) is 10.4. The van der Waals surface area contributed by atoms with E-state index in [4.69, 9.17) is 21.4 Å². The van der Waals surface area contributed by atoms with Crippen molar-refractivity contribution < 1.29 is 9.84 Å². The lowest BCUT2D eigenvalue weighted by molar-refractivity contribution is 0.282. The van der Waals surface area contributed by atoms with E-state index >= 15 is 0 Å². The molecule has 0 radical (unpaired) electrons. The molecule has 0 atom stereocenters. The van der Waals surface area contributed by atoms with Gasteiger partial charge in [0.25, 0.3) is 0 Å². The van der Waals surface area contributed by atoms with E-state index in [1.807, 2.05) is 24.3 Å². The van der Waals surface area contributed by atoms with Crippen LogP contribution in [0.4, 0.5) is 0 Å². The number of ether oxygens (including phenoxy) is 1. The number of aliphatic hydroxyl groups is 1. The molecule has 4 nitrogen and oxygen atoms in total. The van der Waals surface area contributed by atoms with Crippen LogP contribution in [-0.2, 0) is 6.61 Å². The van der Waals surface area contributed by atoms with Crippen molar-refractivity contribution in [2.45, 2.75) is 6.61 Å². The molecule has 84 valence electrons. The summed E-state index contributed by atoms with van der Waals surface area (Å²) in [6.45, 7) is -0.116. The topological polar surface area (TPSA) is 47.3 Å². The van der Waals surface area contributed by atoms with Crippen LogP contribution in [0.2, 0.25) is 5.15 Å². The second-order valence-corrected chi connectivity index (χ2v) is 3.59. The van der Waals surface area contributed by atoms with Gasteiger partial charge in [-0.2, -0.15) is 5.10 Å². The molecule has 0 aliphatic rings. The maximum Gasteiger partial charge on any atom is 0.138 e. The molecule has 1 aromatic heterocycles. The summed E-state index contributed by atoms with van der Waals surface area (Å²) in [6.07, 6.45) is 1.55. The van der Waals surface area contributed by atoms with Crippen LogP contribution in [0, 0.1) is 0 Å². The van der Waals surface area contributed by atoms with Crippen molar-refractivity contribution in [3.05, 3.63) is 41.2 Å². The summed E-state index contributed by atoms with van der Waals surface area (Å²) >= 11 is 6.04. The third-order valence-corrected chi connectivity index (χ3v) is 2.67. The molecule has 0 bridgehead atoms. The van der Waals surface area contributed by atoms with Gasteiger partial charge in [-0.3, -0.25) is 0 Å². The van der Waals surface area contributed by atoms with Crippen molar-refractivity contribution in [3.8, 4) is 11.4 Å². The fourth-order valence-electron chi connectivity index (χ4n) is 1.38. The molecule has 0 amide bonds. The van der Waals surface area contributed by atoms with E-state index in [0.717, 1.165) is 11.4 Å². The van der Waals surface area contributed by atoms with Gasteiger partial charge in [0.2, 0.25) is 0 Å². The quantitative estimate of drug-likeness (QED) is 0.890. The Bertz CT molecular complexity index is 479. The fourth-order valence-corrected chi connectivity index (χ4v) is 1.63. The molecule has 2 rings (SSSR count). The highest BCUT2D eigenvalue weighted by molar-refractivity contribution is 6.30. The van der Waals surface area contributed by atoms with E-state index in [1.165, 1.54) is 0 Å². The van der Waals surface area contributed by atoms with Gasteiger partial charge in [-0.25, -0.2) is 4.68 Å². The van der Waals surface area contributed by atoms with Crippen LogP contribution >= 0.6 is 11.6 Å². The van der Waals surface area contributed by atoms with E-state index < -0.39 is 0 Å². The maximum atomic E-state index is 9.00. The summed E-state index contributed by atoms with van der Waals surface area (Å²) in [5.41, 5.74) is 1.43. The van der Waals surface area contributed by atoms with Gasteiger partial charge in [-0.1, -0.05) is 11.6 Å². The first-order valence-electron chi connectivity index (χ1n) is 4.74. The Hall–Kier alpha value is -1.52. The molecular weight excluding hydrogens is 228 g/mol. The first-order valence-corrected chi connectivity index (χ1v) is 5.11. The van der Waals surface area contributed by atoms with Crippen LogP contribution in [0.25, 0.3) is 5.69 Å². The highest BCUT2D eigenvalue weighted by Crippen LogP contribution is 2.21. The summed E-state index contributed by atoms with van der Waals surface area (Å²) in [5, 5.41) is 13.5. The highest BCUT2D eigenvalue weighted by Gasteiger charge is 2.08. The van der Waals surface area contributed by atoms with Crippen molar-refractivity contribution >= 4 is 11.6 Å². The first kappa shape index (κ1) is 11.0. The molecule has 5 heteroatoms. The van der Waals surface area contributed by atoms with Crippen LogP contribution in [-0.4, -0.2) is 22.0 Å². The molecule has 2 aromatic rings. The van der Waals surface area contributed by atoms with Crippen molar-refractivity contribution in [3.63, 3.8) is 0 Å². The van der Waals surface area contributed by atoms with E-state index in [9.17, 15) is 0 Å². The largest absolute Gasteiger partial charge is 0.497 e. The Kier molecular flexibility index (Phi) is 3.12. The van der Waals surface area contributed by atoms with Crippen molar-refractivity contribution in [2.24, 2.45) is 0 Å². The minimum absolute atomic E-state index is 0.116. The highest BCUT2D eigenvalue weighted by atomic mass is 35.5. The third-order valence-electron chi connectivity index (χ3n) is 2.27. The summed E-state index contributed by atoms with van der Waals surface area (Å²) in [4.78, 5) is 0. The number of methoxy groups -OCH3 is 1. The zero-order valence-corrected chi connectivity index (χ0v) is 9.48. The molecular formula is C11H11ClN2O2. The summed E-state index contributed by atoms with van der Waals surface area (Å²) in [5.74, 6) is 0.773. The van der Waals surface area contributed by atoms with Gasteiger partial charge >= 0.3 is 0 Å². The number of benzene rings is 1. The van der Waals surface area contributed by atoms with Gasteiger partial charge in [0.15, 0.2) is 0 Å². The van der Waals surface area contributed by atoms with Gasteiger partial charge in [-0.05, 0) is 24.3 Å². The molecule has 0 aliphatic carbocycles. The Morgan fingerprint density at radius 2 is 2.06 bits per heavy atom. The fraction of sp³-hybridized carbons (Fsp3) is 0.182. The van der Waals surface area contributed by atoms with E-state index in [0.29, 0.717) is 10.7 Å². The molecule has 1 aromatic carbocycles. The zero-order valence-electron chi connectivity index (χ0n) is 8.72. The average molecular weight is 239 g/mol. The molecule has 0 fully saturated rings. The second-order valence-electron chi connectivity index (χ2n) is 3.23. The Balaban J connectivity index is 2.38. The first-order chi connectivity index (χ1) is 7.76. The van der Waals surface area contributed by atoms with Gasteiger partial charge in [-0.15, -0.1) is 0 Å². The predicted molar refractivity (Wildman–Crippen MR) is 61.0 cm³/mol. The van der Waals surface area contributed by atoms with Crippen LogP contribution < -0.4 is 4.74 Å². The number of hydrogen-bond acceptors (Lipinski definition) is 3. The number of nitrogens with zero attached hydrogens (tertiary/aromatic N) is 2. The van der Waals surface area contributed by atoms with Crippen LogP contribution in [0.15, 0.2) is 30.5 Å². The lowest BCUT2D eigenvalue weighted by Crippen LogP contribution is -1.96. The molecule has 0 spiro atoms. The average Bonchev–Trinajstić information content (AvgIpc) is 2.70. The molecule has 0 saturated heterocycles. The Morgan fingerprint density at radius 3 is 2.56 bits per heavy atom. The standard InChI is InChI=1S/C11H11ClN2O2/c1-16-10-4-2-9(3-5-10)14-11(12)8(7-15)6-13-14/h2-6,15H,7H2,1H3. The molecule has 16 heavy (non-hydrogen) atoms. The number of aromatic nitrogens is 2. The second kappa shape index (κ2) is 4.55. The summed E-state index contributed by atoms with van der Waals surface area (Å²) < 4.78 is 6.62. The van der Waals surface area contributed by atoms with E-state index in [1.54, 1.807) is 18.0 Å². The van der Waals surface area contributed by atoms with Crippen molar-refractivity contribution in [1.29, 1.82) is 0 Å². The van der Waals surface area contributed by atoms with Gasteiger partial charge in [0.05, 0.1) is 25.6 Å². The maximum absolute atomic E-state index is 9.00.